The van der Waals surface area contributed by atoms with E-state index in [1.54, 1.807) is 29.4 Å². The zero-order valence-corrected chi connectivity index (χ0v) is 33.1. The molecule has 1 aliphatic carbocycles. The van der Waals surface area contributed by atoms with Crippen LogP contribution in [0.4, 0.5) is 11.6 Å². The third-order valence-electron chi connectivity index (χ3n) is 10.4. The van der Waals surface area contributed by atoms with Crippen LogP contribution in [0.1, 0.15) is 92.2 Å². The Morgan fingerprint density at radius 1 is 1.02 bits per heavy atom. The van der Waals surface area contributed by atoms with Crippen LogP contribution in [0.2, 0.25) is 0 Å². The number of aliphatic hydroxyl groups excluding tert-OH is 1. The minimum Gasteiger partial charge on any atom is -0.475 e. The fourth-order valence-electron chi connectivity index (χ4n) is 7.57. The fourth-order valence-corrected chi connectivity index (χ4v) is 8.56. The molecular weight excluding hydrogens is 703 g/mol. The van der Waals surface area contributed by atoms with E-state index in [0.29, 0.717) is 36.0 Å². The van der Waals surface area contributed by atoms with Gasteiger partial charge < -0.3 is 19.6 Å². The van der Waals surface area contributed by atoms with Crippen molar-refractivity contribution in [2.75, 3.05) is 36.4 Å². The number of hydrogen-bond donors (Lipinski definition) is 2. The highest BCUT2D eigenvalue weighted by Gasteiger charge is 2.33. The van der Waals surface area contributed by atoms with Crippen molar-refractivity contribution in [3.05, 3.63) is 82.9 Å². The molecule has 13 heteroatoms. The second kappa shape index (κ2) is 16.4. The lowest BCUT2D eigenvalue weighted by molar-refractivity contribution is 0.0504. The van der Waals surface area contributed by atoms with Crippen LogP contribution >= 0.6 is 0 Å². The van der Waals surface area contributed by atoms with Gasteiger partial charge in [-0.15, -0.1) is 0 Å². The number of ether oxygens (including phenoxy) is 1. The Balaban J connectivity index is 1.46. The van der Waals surface area contributed by atoms with Crippen LogP contribution in [0.3, 0.4) is 0 Å². The maximum atomic E-state index is 14.6. The van der Waals surface area contributed by atoms with Crippen LogP contribution in [0.15, 0.2) is 59.8 Å². The predicted molar refractivity (Wildman–Crippen MR) is 210 cm³/mol. The standard InChI is InChI=1S/C41H53N7O5S/c1-27-12-10-15-30(20-29-13-8-7-9-14-29)36(27)37-28(2)38-45-40(44-37)46-54(51,52)34-17-11-16-31(21-34)39(50)48(32(26-53-38)22-41(3,4)5)25-35-42-23-33(24-43-35)47(6)18-19-49/h10-12,15-17,21,23-24,29,32,49H,7-9,13-14,18-20,22,25-26H2,1-6H3,(H,44,45,46)/t32-/m1/s1. The highest BCUT2D eigenvalue weighted by molar-refractivity contribution is 7.92. The van der Waals surface area contributed by atoms with Gasteiger partial charge in [-0.05, 0) is 67.3 Å². The van der Waals surface area contributed by atoms with Gasteiger partial charge in [0, 0.05) is 30.3 Å². The van der Waals surface area contributed by atoms with E-state index < -0.39 is 16.1 Å². The first-order chi connectivity index (χ1) is 25.7. The lowest BCUT2D eigenvalue weighted by Gasteiger charge is -2.35. The number of benzene rings is 2. The molecule has 2 N–H and O–H groups in total. The molecule has 1 aliphatic heterocycles. The summed E-state index contributed by atoms with van der Waals surface area (Å²) in [6.07, 6.45) is 10.9. The monoisotopic (exact) mass is 755 g/mol. The van der Waals surface area contributed by atoms with E-state index in [1.165, 1.54) is 49.8 Å². The van der Waals surface area contributed by atoms with Gasteiger partial charge in [-0.1, -0.05) is 77.1 Å². The Morgan fingerprint density at radius 3 is 2.44 bits per heavy atom. The molecule has 1 saturated carbocycles. The first kappa shape index (κ1) is 39.1. The summed E-state index contributed by atoms with van der Waals surface area (Å²) in [5.74, 6) is 0.752. The van der Waals surface area contributed by atoms with Gasteiger partial charge in [-0.25, -0.2) is 28.1 Å². The van der Waals surface area contributed by atoms with Gasteiger partial charge in [0.2, 0.25) is 11.8 Å². The second-order valence-corrected chi connectivity index (χ2v) is 17.6. The quantitative estimate of drug-likeness (QED) is 0.188. The van der Waals surface area contributed by atoms with Crippen molar-refractivity contribution in [2.24, 2.45) is 11.3 Å². The average Bonchev–Trinajstić information content (AvgIpc) is 3.13. The van der Waals surface area contributed by atoms with Crippen molar-refractivity contribution >= 4 is 27.6 Å². The summed E-state index contributed by atoms with van der Waals surface area (Å²) < 4.78 is 37.2. The molecule has 4 bridgehead atoms. The highest BCUT2D eigenvalue weighted by Crippen LogP contribution is 2.37. The summed E-state index contributed by atoms with van der Waals surface area (Å²) >= 11 is 0. The van der Waals surface area contributed by atoms with Gasteiger partial charge in [0.25, 0.3) is 15.9 Å². The zero-order chi connectivity index (χ0) is 38.6. The van der Waals surface area contributed by atoms with Crippen LogP contribution in [-0.2, 0) is 23.0 Å². The predicted octanol–water partition coefficient (Wildman–Crippen LogP) is 6.74. The SMILES string of the molecule is Cc1cccc(CC2CCCCC2)c1-c1nc2nc(c1C)OC[C@@H](CC(C)(C)C)N(Cc1ncc(N(C)CCO)cn1)C(=O)c1cccc(c1)S(=O)(=O)N2. The number of rotatable bonds is 9. The van der Waals surface area contributed by atoms with E-state index in [1.807, 2.05) is 18.9 Å². The number of fused-ring (bicyclic) bond motifs is 4. The number of carbonyl (C=O) groups is 1. The topological polar surface area (TPSA) is 151 Å². The van der Waals surface area contributed by atoms with Crippen molar-refractivity contribution in [1.82, 2.24) is 24.8 Å². The van der Waals surface area contributed by atoms with E-state index in [4.69, 9.17) is 9.72 Å². The Kier molecular flexibility index (Phi) is 11.9. The molecule has 54 heavy (non-hydrogen) atoms. The van der Waals surface area contributed by atoms with Gasteiger partial charge >= 0.3 is 0 Å². The number of hydrogen-bond acceptors (Lipinski definition) is 10. The van der Waals surface area contributed by atoms with Gasteiger partial charge in [0.15, 0.2) is 0 Å². The van der Waals surface area contributed by atoms with Crippen LogP contribution in [-0.4, -0.2) is 77.1 Å². The Morgan fingerprint density at radius 2 is 1.74 bits per heavy atom. The molecule has 2 aromatic carbocycles. The highest BCUT2D eigenvalue weighted by atomic mass is 32.2. The molecular formula is C41H53N7O5S. The molecule has 4 aromatic rings. The van der Waals surface area contributed by atoms with Gasteiger partial charge in [0.05, 0.1) is 47.9 Å². The summed E-state index contributed by atoms with van der Waals surface area (Å²) in [5.41, 5.74) is 5.18. The molecule has 0 saturated heterocycles. The molecule has 3 heterocycles. The first-order valence-corrected chi connectivity index (χ1v) is 20.4. The maximum absolute atomic E-state index is 14.6. The van der Waals surface area contributed by atoms with Crippen LogP contribution in [0, 0.1) is 25.2 Å². The number of anilines is 2. The lowest BCUT2D eigenvalue weighted by Crippen LogP contribution is -2.45. The molecule has 1 amide bonds. The fraction of sp³-hybridized carbons (Fsp3) is 0.488. The number of carbonyl (C=O) groups excluding carboxylic acids is 1. The number of aliphatic hydroxyl groups is 1. The van der Waals surface area contributed by atoms with Gasteiger partial charge in [0.1, 0.15) is 12.4 Å². The van der Waals surface area contributed by atoms with Crippen molar-refractivity contribution in [3.8, 4) is 17.1 Å². The number of nitrogens with zero attached hydrogens (tertiary/aromatic N) is 6. The minimum atomic E-state index is -4.22. The number of sulfonamides is 1. The number of nitrogens with one attached hydrogen (secondary N) is 1. The number of aryl methyl sites for hydroxylation is 1. The summed E-state index contributed by atoms with van der Waals surface area (Å²) in [5, 5.41) is 9.39. The Hall–Kier alpha value is -4.62. The normalized spacial score (nSPS) is 17.8. The van der Waals surface area contributed by atoms with E-state index in [9.17, 15) is 18.3 Å². The lowest BCUT2D eigenvalue weighted by atomic mass is 9.82. The number of amides is 1. The second-order valence-electron chi connectivity index (χ2n) is 15.9. The maximum Gasteiger partial charge on any atom is 0.264 e. The summed E-state index contributed by atoms with van der Waals surface area (Å²) in [7, 11) is -2.38. The Bertz CT molecular complexity index is 2060. The molecule has 12 nitrogen and oxygen atoms in total. The molecule has 0 radical (unpaired) electrons. The number of aromatic nitrogens is 4. The first-order valence-electron chi connectivity index (χ1n) is 18.9. The van der Waals surface area contributed by atoms with Crippen molar-refractivity contribution in [1.29, 1.82) is 0 Å². The summed E-state index contributed by atoms with van der Waals surface area (Å²) in [6, 6.07) is 11.8. The molecule has 2 aliphatic rings. The molecule has 0 unspecified atom stereocenters. The van der Waals surface area contributed by atoms with Crippen molar-refractivity contribution in [3.63, 3.8) is 0 Å². The smallest absolute Gasteiger partial charge is 0.264 e. The van der Waals surface area contributed by atoms with Gasteiger partial charge in [-0.2, -0.15) is 4.98 Å². The van der Waals surface area contributed by atoms with Crippen LogP contribution < -0.4 is 14.4 Å². The molecule has 2 aromatic heterocycles. The number of likely N-dealkylation sites (N-methyl/N-ethyl adjacent to an activating group) is 1. The molecule has 1 fully saturated rings. The largest absolute Gasteiger partial charge is 0.475 e. The summed E-state index contributed by atoms with van der Waals surface area (Å²) in [4.78, 5) is 36.7. The molecule has 288 valence electrons. The minimum absolute atomic E-state index is 0.0132. The van der Waals surface area contributed by atoms with E-state index >= 15 is 0 Å². The van der Waals surface area contributed by atoms with E-state index in [0.717, 1.165) is 23.2 Å². The van der Waals surface area contributed by atoms with E-state index in [-0.39, 0.29) is 53.4 Å². The van der Waals surface area contributed by atoms with Crippen LogP contribution in [0.5, 0.6) is 5.88 Å². The molecule has 0 spiro atoms. The zero-order valence-electron chi connectivity index (χ0n) is 32.3. The Labute approximate surface area is 319 Å². The molecule has 6 rings (SSSR count). The van der Waals surface area contributed by atoms with Crippen LogP contribution in [0.25, 0.3) is 11.3 Å². The third kappa shape index (κ3) is 9.18. The molecule has 1 atom stereocenters. The van der Waals surface area contributed by atoms with E-state index in [2.05, 4.69) is 65.6 Å². The van der Waals surface area contributed by atoms with Gasteiger partial charge in [-0.3, -0.25) is 4.79 Å². The average molecular weight is 756 g/mol. The summed E-state index contributed by atoms with van der Waals surface area (Å²) in [6.45, 7) is 10.8. The third-order valence-corrected chi connectivity index (χ3v) is 11.7. The van der Waals surface area contributed by atoms with Crippen molar-refractivity contribution in [2.45, 2.75) is 97.0 Å². The van der Waals surface area contributed by atoms with Crippen molar-refractivity contribution < 1.29 is 23.1 Å².